The summed E-state index contributed by atoms with van der Waals surface area (Å²) in [5, 5.41) is -1.97. The van der Waals surface area contributed by atoms with Gasteiger partial charge in [-0.3, -0.25) is 14.1 Å². The van der Waals surface area contributed by atoms with Gasteiger partial charge in [0.25, 0.3) is 10.1 Å². The van der Waals surface area contributed by atoms with E-state index in [0.29, 0.717) is 6.42 Å². The summed E-state index contributed by atoms with van der Waals surface area (Å²) in [6, 6.07) is 0. The van der Waals surface area contributed by atoms with Crippen LogP contribution in [0.3, 0.4) is 0 Å². The smallest absolute Gasteiger partial charge is 0.327 e. The Balaban J connectivity index is 4.03. The summed E-state index contributed by atoms with van der Waals surface area (Å²) in [4.78, 5) is 23.3. The molecular weight excluding hydrogens is 348 g/mol. The Bertz CT molecular complexity index is 499. The van der Waals surface area contributed by atoms with Crippen LogP contribution >= 0.6 is 0 Å². The van der Waals surface area contributed by atoms with Crippen molar-refractivity contribution < 1.29 is 32.0 Å². The zero-order chi connectivity index (χ0) is 19.1. The fourth-order valence-corrected chi connectivity index (χ4v) is 2.83. The summed E-state index contributed by atoms with van der Waals surface area (Å²) in [5.74, 6) is -2.06. The van der Waals surface area contributed by atoms with E-state index in [9.17, 15) is 18.0 Å². The van der Waals surface area contributed by atoms with E-state index in [1.807, 2.05) is 0 Å². The minimum atomic E-state index is -4.75. The van der Waals surface area contributed by atoms with Crippen molar-refractivity contribution in [3.63, 3.8) is 0 Å². The highest BCUT2D eigenvalue weighted by Crippen LogP contribution is 2.11. The maximum absolute atomic E-state index is 11.7. The SMILES string of the molecule is C=CCOC(=O)C(CC(=O)OCCCCCCCCCC)S(=O)(=O)O. The van der Waals surface area contributed by atoms with E-state index in [1.165, 1.54) is 31.8 Å². The molecule has 0 heterocycles. The molecule has 0 saturated heterocycles. The zero-order valence-corrected chi connectivity index (χ0v) is 15.8. The molecule has 0 aromatic rings. The molecule has 0 aliphatic carbocycles. The van der Waals surface area contributed by atoms with Crippen molar-refractivity contribution in [2.75, 3.05) is 13.2 Å². The van der Waals surface area contributed by atoms with Gasteiger partial charge in [0.2, 0.25) is 0 Å². The molecule has 7 nitrogen and oxygen atoms in total. The lowest BCUT2D eigenvalue weighted by Crippen LogP contribution is -2.34. The Morgan fingerprint density at radius 1 is 1.04 bits per heavy atom. The molecule has 8 heteroatoms. The molecule has 0 aliphatic heterocycles. The van der Waals surface area contributed by atoms with E-state index < -0.39 is 33.7 Å². The maximum atomic E-state index is 11.7. The van der Waals surface area contributed by atoms with Crippen LogP contribution in [-0.4, -0.2) is 43.4 Å². The first-order valence-electron chi connectivity index (χ1n) is 8.72. The fraction of sp³-hybridized carbons (Fsp3) is 0.765. The second kappa shape index (κ2) is 13.8. The van der Waals surface area contributed by atoms with E-state index >= 15 is 0 Å². The molecule has 0 amide bonds. The molecule has 146 valence electrons. The molecule has 0 radical (unpaired) electrons. The molecule has 0 aromatic heterocycles. The van der Waals surface area contributed by atoms with Crippen molar-refractivity contribution in [3.05, 3.63) is 12.7 Å². The van der Waals surface area contributed by atoms with E-state index in [2.05, 4.69) is 18.2 Å². The Hall–Kier alpha value is -1.41. The second-order valence-corrected chi connectivity index (χ2v) is 7.42. The minimum absolute atomic E-state index is 0.160. The fourth-order valence-electron chi connectivity index (χ4n) is 2.18. The summed E-state index contributed by atoms with van der Waals surface area (Å²) in [7, 11) is -4.75. The van der Waals surface area contributed by atoms with E-state index in [0.717, 1.165) is 19.3 Å². The monoisotopic (exact) mass is 378 g/mol. The topological polar surface area (TPSA) is 107 Å². The van der Waals surface area contributed by atoms with Crippen LogP contribution in [0.15, 0.2) is 12.7 Å². The van der Waals surface area contributed by atoms with Gasteiger partial charge in [-0.2, -0.15) is 8.42 Å². The van der Waals surface area contributed by atoms with Crippen LogP contribution in [0.1, 0.15) is 64.7 Å². The number of hydrogen-bond donors (Lipinski definition) is 1. The molecule has 0 bridgehead atoms. The van der Waals surface area contributed by atoms with E-state index in [-0.39, 0.29) is 13.2 Å². The van der Waals surface area contributed by atoms with Crippen LogP contribution in [0.2, 0.25) is 0 Å². The number of esters is 2. The van der Waals surface area contributed by atoms with Crippen molar-refractivity contribution in [3.8, 4) is 0 Å². The van der Waals surface area contributed by atoms with E-state index in [1.54, 1.807) is 0 Å². The number of carbonyl (C=O) groups excluding carboxylic acids is 2. The largest absolute Gasteiger partial charge is 0.466 e. The van der Waals surface area contributed by atoms with Gasteiger partial charge in [0.05, 0.1) is 13.0 Å². The minimum Gasteiger partial charge on any atom is -0.466 e. The Kier molecular flexibility index (Phi) is 13.1. The predicted molar refractivity (Wildman–Crippen MR) is 94.7 cm³/mol. The highest BCUT2D eigenvalue weighted by Gasteiger charge is 2.35. The lowest BCUT2D eigenvalue weighted by molar-refractivity contribution is -0.149. The molecule has 0 saturated carbocycles. The highest BCUT2D eigenvalue weighted by molar-refractivity contribution is 7.87. The summed E-state index contributed by atoms with van der Waals surface area (Å²) >= 11 is 0. The third-order valence-electron chi connectivity index (χ3n) is 3.58. The van der Waals surface area contributed by atoms with Gasteiger partial charge >= 0.3 is 11.9 Å². The van der Waals surface area contributed by atoms with Gasteiger partial charge in [-0.1, -0.05) is 64.5 Å². The first-order chi connectivity index (χ1) is 11.8. The van der Waals surface area contributed by atoms with Crippen LogP contribution in [-0.2, 0) is 29.2 Å². The molecule has 0 spiro atoms. The highest BCUT2D eigenvalue weighted by atomic mass is 32.2. The maximum Gasteiger partial charge on any atom is 0.327 e. The lowest BCUT2D eigenvalue weighted by atomic mass is 10.1. The van der Waals surface area contributed by atoms with Crippen molar-refractivity contribution in [1.82, 2.24) is 0 Å². The van der Waals surface area contributed by atoms with Gasteiger partial charge < -0.3 is 9.47 Å². The number of rotatable bonds is 15. The third kappa shape index (κ3) is 12.6. The number of hydrogen-bond acceptors (Lipinski definition) is 6. The van der Waals surface area contributed by atoms with Crippen LogP contribution < -0.4 is 0 Å². The molecule has 1 N–H and O–H groups in total. The Morgan fingerprint density at radius 3 is 2.12 bits per heavy atom. The van der Waals surface area contributed by atoms with Gasteiger partial charge in [-0.15, -0.1) is 0 Å². The molecule has 1 atom stereocenters. The Labute approximate surface area is 150 Å². The van der Waals surface area contributed by atoms with Crippen molar-refractivity contribution >= 4 is 22.1 Å². The first-order valence-corrected chi connectivity index (χ1v) is 10.2. The zero-order valence-electron chi connectivity index (χ0n) is 14.9. The summed E-state index contributed by atoms with van der Waals surface area (Å²) in [6.45, 7) is 5.44. The van der Waals surface area contributed by atoms with Crippen LogP contribution in [0.5, 0.6) is 0 Å². The van der Waals surface area contributed by atoms with Crippen LogP contribution in [0.4, 0.5) is 0 Å². The molecule has 0 fully saturated rings. The van der Waals surface area contributed by atoms with Gasteiger partial charge in [-0.25, -0.2) is 0 Å². The van der Waals surface area contributed by atoms with Crippen molar-refractivity contribution in [1.29, 1.82) is 0 Å². The Morgan fingerprint density at radius 2 is 1.60 bits per heavy atom. The van der Waals surface area contributed by atoms with Gasteiger partial charge in [0.1, 0.15) is 6.61 Å². The lowest BCUT2D eigenvalue weighted by Gasteiger charge is -2.12. The van der Waals surface area contributed by atoms with Crippen molar-refractivity contribution in [2.45, 2.75) is 70.0 Å². The summed E-state index contributed by atoms with van der Waals surface area (Å²) in [6.07, 6.45) is 9.19. The average molecular weight is 378 g/mol. The molecular formula is C17H30O7S. The molecule has 0 aliphatic rings. The quantitative estimate of drug-likeness (QED) is 0.202. The molecule has 1 unspecified atom stereocenters. The van der Waals surface area contributed by atoms with Gasteiger partial charge in [0, 0.05) is 0 Å². The molecule has 25 heavy (non-hydrogen) atoms. The predicted octanol–water partition coefficient (Wildman–Crippen LogP) is 3.05. The number of carbonyl (C=O) groups is 2. The average Bonchev–Trinajstić information content (AvgIpc) is 2.55. The summed E-state index contributed by atoms with van der Waals surface area (Å²) < 4.78 is 41.0. The van der Waals surface area contributed by atoms with Crippen LogP contribution in [0, 0.1) is 0 Å². The summed E-state index contributed by atoms with van der Waals surface area (Å²) in [5.41, 5.74) is 0. The van der Waals surface area contributed by atoms with Gasteiger partial charge in [0.15, 0.2) is 5.25 Å². The van der Waals surface area contributed by atoms with E-state index in [4.69, 9.17) is 9.29 Å². The first kappa shape index (κ1) is 23.6. The molecule has 0 rings (SSSR count). The number of ether oxygens (including phenoxy) is 2. The number of unbranched alkanes of at least 4 members (excludes halogenated alkanes) is 7. The molecule has 0 aromatic carbocycles. The normalized spacial score (nSPS) is 12.4. The second-order valence-electron chi connectivity index (χ2n) is 5.82. The third-order valence-corrected chi connectivity index (χ3v) is 4.66. The van der Waals surface area contributed by atoms with Crippen molar-refractivity contribution in [2.24, 2.45) is 0 Å². The van der Waals surface area contributed by atoms with Gasteiger partial charge in [-0.05, 0) is 6.42 Å². The standard InChI is InChI=1S/C17H30O7S/c1-3-5-6-7-8-9-10-11-13-23-16(18)14-15(25(20,21)22)17(19)24-12-4-2/h4,15H,2-3,5-14H2,1H3,(H,20,21,22). The van der Waals surface area contributed by atoms with Crippen LogP contribution in [0.25, 0.3) is 0 Å².